The third-order valence-corrected chi connectivity index (χ3v) is 5.15. The van der Waals surface area contributed by atoms with Crippen molar-refractivity contribution in [2.75, 3.05) is 47.3 Å². The van der Waals surface area contributed by atoms with Gasteiger partial charge in [0.2, 0.25) is 5.91 Å². The SMILES string of the molecule is CC(CC(=O)N(CCN(C)C)C1CCN(C)CC1)c1ccccc1F. The average Bonchev–Trinajstić information content (AvgIpc) is 2.56. The van der Waals surface area contributed by atoms with E-state index in [0.29, 0.717) is 18.0 Å². The van der Waals surface area contributed by atoms with Gasteiger partial charge < -0.3 is 14.7 Å². The molecule has 1 unspecified atom stereocenters. The summed E-state index contributed by atoms with van der Waals surface area (Å²) < 4.78 is 14.0. The minimum Gasteiger partial charge on any atom is -0.338 e. The fourth-order valence-corrected chi connectivity index (χ4v) is 3.49. The fourth-order valence-electron chi connectivity index (χ4n) is 3.49. The number of hydrogen-bond donors (Lipinski definition) is 0. The first-order valence-corrected chi connectivity index (χ1v) is 9.25. The average molecular weight is 349 g/mol. The van der Waals surface area contributed by atoms with Gasteiger partial charge in [-0.15, -0.1) is 0 Å². The van der Waals surface area contributed by atoms with E-state index >= 15 is 0 Å². The summed E-state index contributed by atoms with van der Waals surface area (Å²) >= 11 is 0. The zero-order valence-corrected chi connectivity index (χ0v) is 16.0. The Balaban J connectivity index is 2.04. The first-order valence-electron chi connectivity index (χ1n) is 9.25. The molecule has 1 fully saturated rings. The number of carbonyl (C=O) groups excluding carboxylic acids is 1. The van der Waals surface area contributed by atoms with E-state index in [4.69, 9.17) is 0 Å². The van der Waals surface area contributed by atoms with Gasteiger partial charge >= 0.3 is 0 Å². The van der Waals surface area contributed by atoms with Gasteiger partial charge in [-0.1, -0.05) is 25.1 Å². The van der Waals surface area contributed by atoms with Gasteiger partial charge in [-0.25, -0.2) is 4.39 Å². The number of likely N-dealkylation sites (N-methyl/N-ethyl adjacent to an activating group) is 1. The lowest BCUT2D eigenvalue weighted by atomic mass is 9.95. The monoisotopic (exact) mass is 349 g/mol. The number of nitrogens with zero attached hydrogens (tertiary/aromatic N) is 3. The summed E-state index contributed by atoms with van der Waals surface area (Å²) in [6.07, 6.45) is 2.40. The molecular formula is C20H32FN3O. The molecule has 0 spiro atoms. The van der Waals surface area contributed by atoms with Crippen LogP contribution in [-0.4, -0.2) is 74.0 Å². The van der Waals surface area contributed by atoms with Crippen LogP contribution >= 0.6 is 0 Å². The topological polar surface area (TPSA) is 26.8 Å². The molecule has 1 heterocycles. The highest BCUT2D eigenvalue weighted by Gasteiger charge is 2.28. The number of rotatable bonds is 7. The summed E-state index contributed by atoms with van der Waals surface area (Å²) in [4.78, 5) is 19.5. The smallest absolute Gasteiger partial charge is 0.223 e. The molecule has 1 atom stereocenters. The maximum absolute atomic E-state index is 14.0. The van der Waals surface area contributed by atoms with E-state index in [1.165, 1.54) is 6.07 Å². The van der Waals surface area contributed by atoms with Crippen molar-refractivity contribution < 1.29 is 9.18 Å². The zero-order chi connectivity index (χ0) is 18.4. The predicted octanol–water partition coefficient (Wildman–Crippen LogP) is 2.80. The van der Waals surface area contributed by atoms with E-state index in [1.54, 1.807) is 12.1 Å². The first kappa shape index (κ1) is 19.9. The van der Waals surface area contributed by atoms with Crippen molar-refractivity contribution in [3.63, 3.8) is 0 Å². The highest BCUT2D eigenvalue weighted by molar-refractivity contribution is 5.77. The second-order valence-corrected chi connectivity index (χ2v) is 7.55. The van der Waals surface area contributed by atoms with Crippen molar-refractivity contribution in [1.82, 2.24) is 14.7 Å². The van der Waals surface area contributed by atoms with E-state index in [2.05, 4.69) is 16.8 Å². The van der Waals surface area contributed by atoms with Crippen LogP contribution in [0.5, 0.6) is 0 Å². The Bertz CT molecular complexity index is 556. The van der Waals surface area contributed by atoms with Crippen molar-refractivity contribution in [2.24, 2.45) is 0 Å². The summed E-state index contributed by atoms with van der Waals surface area (Å²) in [5.74, 6) is -0.184. The van der Waals surface area contributed by atoms with Crippen LogP contribution in [0, 0.1) is 5.82 Å². The van der Waals surface area contributed by atoms with Crippen molar-refractivity contribution >= 4 is 5.91 Å². The first-order chi connectivity index (χ1) is 11.9. The van der Waals surface area contributed by atoms with Gasteiger partial charge in [0.25, 0.3) is 0 Å². The van der Waals surface area contributed by atoms with Crippen LogP contribution in [0.15, 0.2) is 24.3 Å². The summed E-state index contributed by atoms with van der Waals surface area (Å²) in [5, 5.41) is 0. The molecule has 1 aliphatic rings. The van der Waals surface area contributed by atoms with Crippen LogP contribution in [0.1, 0.15) is 37.7 Å². The van der Waals surface area contributed by atoms with Crippen molar-refractivity contribution in [1.29, 1.82) is 0 Å². The summed E-state index contributed by atoms with van der Waals surface area (Å²) in [5.41, 5.74) is 0.631. The van der Waals surface area contributed by atoms with Crippen LogP contribution in [-0.2, 0) is 4.79 Å². The Morgan fingerprint density at radius 2 is 1.88 bits per heavy atom. The maximum atomic E-state index is 14.0. The number of hydrogen-bond acceptors (Lipinski definition) is 3. The Kier molecular flexibility index (Phi) is 7.38. The van der Waals surface area contributed by atoms with Crippen LogP contribution in [0.25, 0.3) is 0 Å². The number of halogens is 1. The summed E-state index contributed by atoms with van der Waals surface area (Å²) in [7, 11) is 6.18. The van der Waals surface area contributed by atoms with Crippen LogP contribution < -0.4 is 0 Å². The lowest BCUT2D eigenvalue weighted by Gasteiger charge is -2.38. The van der Waals surface area contributed by atoms with Crippen LogP contribution in [0.4, 0.5) is 4.39 Å². The molecule has 140 valence electrons. The lowest BCUT2D eigenvalue weighted by molar-refractivity contribution is -0.135. The number of benzene rings is 1. The van der Waals surface area contributed by atoms with Crippen molar-refractivity contribution in [3.05, 3.63) is 35.6 Å². The van der Waals surface area contributed by atoms with Crippen LogP contribution in [0.2, 0.25) is 0 Å². The van der Waals surface area contributed by atoms with Crippen molar-refractivity contribution in [2.45, 2.75) is 38.1 Å². The largest absolute Gasteiger partial charge is 0.338 e. The molecular weight excluding hydrogens is 317 g/mol. The molecule has 0 bridgehead atoms. The molecule has 0 saturated carbocycles. The lowest BCUT2D eigenvalue weighted by Crippen LogP contribution is -2.48. The molecule has 25 heavy (non-hydrogen) atoms. The van der Waals surface area contributed by atoms with Gasteiger partial charge in [-0.05, 0) is 64.6 Å². The van der Waals surface area contributed by atoms with E-state index in [0.717, 1.165) is 39.0 Å². The molecule has 0 radical (unpaired) electrons. The quantitative estimate of drug-likeness (QED) is 0.757. The Morgan fingerprint density at radius 3 is 2.48 bits per heavy atom. The molecule has 1 amide bonds. The highest BCUT2D eigenvalue weighted by atomic mass is 19.1. The normalized spacial score (nSPS) is 17.7. The standard InChI is InChI=1S/C20H32FN3O/c1-16(18-7-5-6-8-19(18)21)15-20(25)24(14-13-22(2)3)17-9-11-23(4)12-10-17/h5-8,16-17H,9-15H2,1-4H3. The van der Waals surface area contributed by atoms with Gasteiger partial charge in [-0.2, -0.15) is 0 Å². The van der Waals surface area contributed by atoms with E-state index < -0.39 is 0 Å². The second-order valence-electron chi connectivity index (χ2n) is 7.55. The van der Waals surface area contributed by atoms with Gasteiger partial charge in [-0.3, -0.25) is 4.79 Å². The van der Waals surface area contributed by atoms with E-state index in [-0.39, 0.29) is 17.6 Å². The number of likely N-dealkylation sites (tertiary alicyclic amines) is 1. The second kappa shape index (κ2) is 9.30. The molecule has 4 nitrogen and oxygen atoms in total. The fraction of sp³-hybridized carbons (Fsp3) is 0.650. The predicted molar refractivity (Wildman–Crippen MR) is 100 cm³/mol. The molecule has 0 N–H and O–H groups in total. The van der Waals surface area contributed by atoms with E-state index in [9.17, 15) is 9.18 Å². The number of carbonyl (C=O) groups is 1. The molecule has 5 heteroatoms. The van der Waals surface area contributed by atoms with Gasteiger partial charge in [0.15, 0.2) is 0 Å². The molecule has 0 aromatic heterocycles. The molecule has 1 saturated heterocycles. The highest BCUT2D eigenvalue weighted by Crippen LogP contribution is 2.24. The Hall–Kier alpha value is -1.46. The molecule has 1 aromatic carbocycles. The molecule has 0 aliphatic carbocycles. The minimum atomic E-state index is -0.220. The maximum Gasteiger partial charge on any atom is 0.223 e. The summed E-state index contributed by atoms with van der Waals surface area (Å²) in [6.45, 7) is 5.59. The van der Waals surface area contributed by atoms with Gasteiger partial charge in [0.05, 0.1) is 0 Å². The van der Waals surface area contributed by atoms with Gasteiger partial charge in [0, 0.05) is 25.6 Å². The Labute approximate surface area is 151 Å². The number of amides is 1. The van der Waals surface area contributed by atoms with E-state index in [1.807, 2.05) is 32.0 Å². The van der Waals surface area contributed by atoms with Crippen LogP contribution in [0.3, 0.4) is 0 Å². The third-order valence-electron chi connectivity index (χ3n) is 5.15. The number of piperidine rings is 1. The van der Waals surface area contributed by atoms with Gasteiger partial charge in [0.1, 0.15) is 5.82 Å². The molecule has 1 aliphatic heterocycles. The minimum absolute atomic E-state index is 0.109. The molecule has 1 aromatic rings. The Morgan fingerprint density at radius 1 is 1.24 bits per heavy atom. The summed E-state index contributed by atoms with van der Waals surface area (Å²) in [6, 6.07) is 7.08. The third kappa shape index (κ3) is 5.79. The van der Waals surface area contributed by atoms with Crippen molar-refractivity contribution in [3.8, 4) is 0 Å². The zero-order valence-electron chi connectivity index (χ0n) is 16.0. The molecule has 2 rings (SSSR count).